The quantitative estimate of drug-likeness (QED) is 0.422. The Morgan fingerprint density at radius 2 is 1.20 bits per heavy atom. The Bertz CT molecular complexity index is 316. The summed E-state index contributed by atoms with van der Waals surface area (Å²) in [4.78, 5) is 21.9. The summed E-state index contributed by atoms with van der Waals surface area (Å²) in [5, 5.41) is 2.64. The molecule has 0 atom stereocenters. The number of ether oxygens (including phenoxy) is 4. The molecule has 0 spiro atoms. The predicted molar refractivity (Wildman–Crippen MR) is 99.9 cm³/mol. The van der Waals surface area contributed by atoms with Gasteiger partial charge in [0.05, 0.1) is 52.9 Å². The minimum absolute atomic E-state index is 0. The molecule has 0 aromatic heterocycles. The van der Waals surface area contributed by atoms with Gasteiger partial charge in [0.15, 0.2) is 0 Å². The van der Waals surface area contributed by atoms with Crippen molar-refractivity contribution in [2.24, 2.45) is 5.92 Å². The van der Waals surface area contributed by atoms with Crippen LogP contribution in [-0.2, 0) is 28.5 Å². The van der Waals surface area contributed by atoms with Gasteiger partial charge in [-0.15, -0.1) is 0 Å². The molecule has 0 aliphatic rings. The first-order valence-electron chi connectivity index (χ1n) is 9.12. The fraction of sp³-hybridized carbons (Fsp3) is 0.889. The Labute approximate surface area is 154 Å². The molecule has 0 aromatic rings. The average molecular weight is 366 g/mol. The smallest absolute Gasteiger partial charge is 0.216 e. The van der Waals surface area contributed by atoms with Crippen LogP contribution in [-0.4, -0.2) is 71.1 Å². The molecule has 0 rings (SSSR count). The zero-order valence-corrected chi connectivity index (χ0v) is 16.6. The number of ketones is 1. The molecule has 0 unspecified atom stereocenters. The zero-order chi connectivity index (χ0) is 19.3. The van der Waals surface area contributed by atoms with Gasteiger partial charge in [-0.2, -0.15) is 0 Å². The highest BCUT2D eigenvalue weighted by Gasteiger charge is 2.05. The van der Waals surface area contributed by atoms with E-state index in [1.54, 1.807) is 0 Å². The summed E-state index contributed by atoms with van der Waals surface area (Å²) >= 11 is 0. The fourth-order valence-electron chi connectivity index (χ4n) is 1.52. The molecule has 0 bridgehead atoms. The van der Waals surface area contributed by atoms with Gasteiger partial charge < -0.3 is 24.3 Å². The van der Waals surface area contributed by atoms with Gasteiger partial charge in [0.2, 0.25) is 5.91 Å². The van der Waals surface area contributed by atoms with Crippen LogP contribution in [0.1, 0.15) is 42.5 Å². The maximum absolute atomic E-state index is 11.3. The van der Waals surface area contributed by atoms with Crippen molar-refractivity contribution in [3.8, 4) is 0 Å². The van der Waals surface area contributed by atoms with E-state index in [0.29, 0.717) is 65.8 Å². The van der Waals surface area contributed by atoms with Crippen molar-refractivity contribution in [1.82, 2.24) is 5.32 Å². The van der Waals surface area contributed by atoms with Crippen molar-refractivity contribution >= 4 is 11.7 Å². The van der Waals surface area contributed by atoms with E-state index >= 15 is 0 Å². The van der Waals surface area contributed by atoms with Crippen LogP contribution in [0.5, 0.6) is 0 Å². The van der Waals surface area contributed by atoms with Gasteiger partial charge >= 0.3 is 0 Å². The number of rotatable bonds is 16. The van der Waals surface area contributed by atoms with Crippen LogP contribution in [0.15, 0.2) is 0 Å². The van der Waals surface area contributed by atoms with Crippen LogP contribution in [0, 0.1) is 5.92 Å². The summed E-state index contributed by atoms with van der Waals surface area (Å²) < 4.78 is 21.2. The summed E-state index contributed by atoms with van der Waals surface area (Å²) in [6, 6.07) is 0. The first-order chi connectivity index (χ1) is 12.0. The van der Waals surface area contributed by atoms with E-state index < -0.39 is 0 Å². The Kier molecular flexibility index (Phi) is 22.0. The van der Waals surface area contributed by atoms with Gasteiger partial charge in [-0.05, 0) is 0 Å². The number of amides is 1. The maximum Gasteiger partial charge on any atom is 0.216 e. The van der Waals surface area contributed by atoms with Crippen molar-refractivity contribution in [1.29, 1.82) is 0 Å². The third-order valence-corrected chi connectivity index (χ3v) is 2.87. The molecule has 0 heterocycles. The molecule has 152 valence electrons. The van der Waals surface area contributed by atoms with E-state index in [0.717, 1.165) is 0 Å². The molecule has 1 N–H and O–H groups in total. The van der Waals surface area contributed by atoms with Crippen molar-refractivity contribution in [3.63, 3.8) is 0 Å². The van der Waals surface area contributed by atoms with Crippen LogP contribution in [0.2, 0.25) is 0 Å². The molecule has 25 heavy (non-hydrogen) atoms. The van der Waals surface area contributed by atoms with Crippen molar-refractivity contribution < 1.29 is 30.0 Å². The fourth-order valence-corrected chi connectivity index (χ4v) is 1.52. The normalized spacial score (nSPS) is 10.3. The second kappa shape index (κ2) is 21.0. The third kappa shape index (κ3) is 23.0. The lowest BCUT2D eigenvalue weighted by molar-refractivity contribution is -0.123. The van der Waals surface area contributed by atoms with Crippen LogP contribution >= 0.6 is 0 Å². The number of hydrogen-bond donors (Lipinski definition) is 1. The van der Waals surface area contributed by atoms with Crippen LogP contribution in [0.3, 0.4) is 0 Å². The van der Waals surface area contributed by atoms with Gasteiger partial charge in [0.25, 0.3) is 0 Å². The molecule has 7 heteroatoms. The largest absolute Gasteiger partial charge is 0.379 e. The molecule has 7 nitrogen and oxygen atoms in total. The van der Waals surface area contributed by atoms with Crippen LogP contribution < -0.4 is 5.32 Å². The number of carbonyl (C=O) groups is 2. The maximum atomic E-state index is 11.3. The molecule has 0 aliphatic carbocycles. The highest BCUT2D eigenvalue weighted by molar-refractivity contribution is 5.80. The summed E-state index contributed by atoms with van der Waals surface area (Å²) in [5.74, 6) is 0.234. The number of carbonyl (C=O) groups excluding carboxylic acids is 2. The summed E-state index contributed by atoms with van der Waals surface area (Å²) in [5.41, 5.74) is 0. The second-order valence-corrected chi connectivity index (χ2v) is 5.30. The lowest BCUT2D eigenvalue weighted by atomic mass is 10.1. The summed E-state index contributed by atoms with van der Waals surface area (Å²) in [6.45, 7) is 13.7. The molecular weight excluding hydrogens is 326 g/mol. The molecule has 1 amide bonds. The van der Waals surface area contributed by atoms with Gasteiger partial charge in [0.1, 0.15) is 5.78 Å². The van der Waals surface area contributed by atoms with E-state index in [4.69, 9.17) is 18.9 Å². The third-order valence-electron chi connectivity index (χ3n) is 2.87. The molecule has 0 fully saturated rings. The second-order valence-electron chi connectivity index (χ2n) is 5.30. The SMILES string of the molecule is CC.CC(=O)NCCOCCOCCOCCOCCC(=O)C(C)C.[HH]. The van der Waals surface area contributed by atoms with E-state index in [-0.39, 0.29) is 19.0 Å². The molecule has 0 radical (unpaired) electrons. The van der Waals surface area contributed by atoms with Gasteiger partial charge in [-0.1, -0.05) is 27.7 Å². The first-order valence-corrected chi connectivity index (χ1v) is 9.12. The van der Waals surface area contributed by atoms with Crippen molar-refractivity contribution in [2.45, 2.75) is 41.0 Å². The molecule has 0 saturated carbocycles. The molecular formula is C18H39NO6. The lowest BCUT2D eigenvalue weighted by Gasteiger charge is -2.08. The topological polar surface area (TPSA) is 83.1 Å². The Balaban J connectivity index is -0.00000170. The highest BCUT2D eigenvalue weighted by atomic mass is 16.6. The van der Waals surface area contributed by atoms with E-state index in [1.807, 2.05) is 27.7 Å². The molecule has 0 saturated heterocycles. The average Bonchev–Trinajstić information content (AvgIpc) is 2.59. The van der Waals surface area contributed by atoms with E-state index in [2.05, 4.69) is 5.32 Å². The monoisotopic (exact) mass is 365 g/mol. The lowest BCUT2D eigenvalue weighted by Crippen LogP contribution is -2.25. The minimum Gasteiger partial charge on any atom is -0.379 e. The zero-order valence-electron chi connectivity index (χ0n) is 16.6. The van der Waals surface area contributed by atoms with Gasteiger partial charge in [-0.3, -0.25) is 9.59 Å². The molecule has 0 aromatic carbocycles. The van der Waals surface area contributed by atoms with Gasteiger partial charge in [-0.25, -0.2) is 0 Å². The Morgan fingerprint density at radius 3 is 1.60 bits per heavy atom. The Morgan fingerprint density at radius 1 is 0.800 bits per heavy atom. The standard InChI is InChI=1S/C16H31NO6.C2H6.H2/c1-14(2)16(19)4-6-20-8-10-22-12-13-23-11-9-21-7-5-17-15(3)18;1-2;/h14H,4-13H2,1-3H3,(H,17,18);1-2H3;1H. The summed E-state index contributed by atoms with van der Waals surface area (Å²) in [6.07, 6.45) is 0.461. The number of Topliss-reactive ketones (excluding diaryl/α,β-unsaturated/α-hetero) is 1. The van der Waals surface area contributed by atoms with Gasteiger partial charge in [0, 0.05) is 27.2 Å². The highest BCUT2D eigenvalue weighted by Crippen LogP contribution is 1.98. The molecule has 0 aliphatic heterocycles. The first kappa shape index (κ1) is 26.2. The van der Waals surface area contributed by atoms with Crippen LogP contribution in [0.25, 0.3) is 0 Å². The van der Waals surface area contributed by atoms with Crippen LogP contribution in [0.4, 0.5) is 0 Å². The predicted octanol–water partition coefficient (Wildman–Crippen LogP) is 2.08. The van der Waals surface area contributed by atoms with E-state index in [9.17, 15) is 9.59 Å². The van der Waals surface area contributed by atoms with Crippen molar-refractivity contribution in [3.05, 3.63) is 0 Å². The minimum atomic E-state index is -0.0579. The van der Waals surface area contributed by atoms with E-state index in [1.165, 1.54) is 6.92 Å². The van der Waals surface area contributed by atoms with Crippen molar-refractivity contribution in [2.75, 3.05) is 59.4 Å². The number of nitrogens with one attached hydrogen (secondary N) is 1. The summed E-state index contributed by atoms with van der Waals surface area (Å²) in [7, 11) is 0. The Hall–Kier alpha value is -1.02. The number of hydrogen-bond acceptors (Lipinski definition) is 6.